The van der Waals surface area contributed by atoms with Crippen molar-refractivity contribution in [1.82, 2.24) is 0 Å². The minimum absolute atomic E-state index is 0.0294. The Kier molecular flexibility index (Phi) is 4.99. The number of benzene rings is 3. The van der Waals surface area contributed by atoms with Crippen LogP contribution in [0.3, 0.4) is 0 Å². The van der Waals surface area contributed by atoms with E-state index >= 15 is 0 Å². The van der Waals surface area contributed by atoms with Crippen LogP contribution in [-0.4, -0.2) is 0 Å². The van der Waals surface area contributed by atoms with Crippen LogP contribution in [0, 0.1) is 32.6 Å². The smallest absolute Gasteiger partial charge is 0.216 e. The van der Waals surface area contributed by atoms with Crippen molar-refractivity contribution in [3.63, 3.8) is 0 Å². The lowest BCUT2D eigenvalue weighted by molar-refractivity contribution is -0.660. The second-order valence-electron chi connectivity index (χ2n) is 11.5. The van der Waals surface area contributed by atoms with Gasteiger partial charge in [0.2, 0.25) is 5.69 Å². The van der Waals surface area contributed by atoms with Crippen molar-refractivity contribution in [2.45, 2.75) is 53.9 Å². The Bertz CT molecular complexity index is 1670. The summed E-state index contributed by atoms with van der Waals surface area (Å²) in [6, 6.07) is 20.5. The van der Waals surface area contributed by atoms with Crippen molar-refractivity contribution in [2.24, 2.45) is 18.9 Å². The summed E-state index contributed by atoms with van der Waals surface area (Å²) in [5.74, 6) is 0.934. The van der Waals surface area contributed by atoms with Gasteiger partial charge in [-0.25, -0.2) is 4.57 Å². The number of fused-ring (bicyclic) bond motifs is 7. The van der Waals surface area contributed by atoms with Gasteiger partial charge in [-0.2, -0.15) is 0 Å². The van der Waals surface area contributed by atoms with Crippen molar-refractivity contribution in [2.75, 3.05) is 0 Å². The molecule has 0 saturated heterocycles. The van der Waals surface area contributed by atoms with Crippen LogP contribution >= 0.6 is 0 Å². The van der Waals surface area contributed by atoms with Gasteiger partial charge in [0.25, 0.3) is 0 Å². The first kappa shape index (κ1) is 23.0. The first-order valence-corrected chi connectivity index (χ1v) is 13.2. The number of hydrogen-bond donors (Lipinski definition) is 0. The highest BCUT2D eigenvalue weighted by molar-refractivity contribution is 6.14. The van der Waals surface area contributed by atoms with E-state index in [1.807, 2.05) is 0 Å². The molecule has 182 valence electrons. The Morgan fingerprint density at radius 1 is 0.694 bits per heavy atom. The maximum atomic E-state index is 6.98. The van der Waals surface area contributed by atoms with Gasteiger partial charge in [0.15, 0.2) is 6.20 Å². The molecule has 0 atom stereocenters. The number of aryl methyl sites for hydroxylation is 4. The van der Waals surface area contributed by atoms with Gasteiger partial charge in [0.1, 0.15) is 18.2 Å². The fourth-order valence-corrected chi connectivity index (χ4v) is 7.18. The van der Waals surface area contributed by atoms with Crippen LogP contribution in [0.1, 0.15) is 55.5 Å². The molecule has 0 N–H and O–H groups in total. The zero-order valence-corrected chi connectivity index (χ0v) is 22.8. The predicted molar refractivity (Wildman–Crippen MR) is 150 cm³/mol. The van der Waals surface area contributed by atoms with E-state index in [9.17, 15) is 0 Å². The van der Waals surface area contributed by atoms with Gasteiger partial charge in [-0.05, 0) is 60.4 Å². The molecule has 36 heavy (non-hydrogen) atoms. The third-order valence-electron chi connectivity index (χ3n) is 8.93. The molecule has 0 spiro atoms. The second-order valence-corrected chi connectivity index (χ2v) is 11.5. The van der Waals surface area contributed by atoms with Gasteiger partial charge in [0, 0.05) is 33.4 Å². The molecule has 3 aromatic carbocycles. The molecule has 1 aliphatic carbocycles. The van der Waals surface area contributed by atoms with Crippen molar-refractivity contribution in [3.8, 4) is 22.4 Å². The zero-order valence-electron chi connectivity index (χ0n) is 22.8. The van der Waals surface area contributed by atoms with E-state index in [4.69, 9.17) is 4.42 Å². The van der Waals surface area contributed by atoms with Crippen LogP contribution in [0.25, 0.3) is 44.3 Å². The van der Waals surface area contributed by atoms with Gasteiger partial charge in [-0.1, -0.05) is 76.2 Å². The molecular weight excluding hydrogens is 438 g/mol. The van der Waals surface area contributed by atoms with Crippen LogP contribution in [0.2, 0.25) is 0 Å². The fraction of sp³-hybridized carbons (Fsp3) is 0.324. The lowest BCUT2D eigenvalue weighted by Crippen LogP contribution is -2.37. The van der Waals surface area contributed by atoms with Gasteiger partial charge in [0.05, 0.1) is 5.56 Å². The van der Waals surface area contributed by atoms with E-state index < -0.39 is 0 Å². The molecule has 2 heterocycles. The number of furan rings is 1. The average Bonchev–Trinajstić information content (AvgIpc) is 3.35. The topological polar surface area (TPSA) is 17.0 Å². The minimum Gasteiger partial charge on any atom is -0.454 e. The van der Waals surface area contributed by atoms with Crippen LogP contribution < -0.4 is 4.57 Å². The summed E-state index contributed by atoms with van der Waals surface area (Å²) < 4.78 is 9.22. The Hall–Kier alpha value is -3.39. The number of rotatable bonds is 3. The SMILES string of the molecule is Cc1cc(-c2c(C)ccc3c2oc2c4c(ccc23)C(C(C)C)(C(C)C)c2ccccc2-4)[n+](C)cc1C. The van der Waals surface area contributed by atoms with Gasteiger partial charge in [-0.15, -0.1) is 0 Å². The third kappa shape index (κ3) is 2.82. The minimum atomic E-state index is -0.0294. The summed E-state index contributed by atoms with van der Waals surface area (Å²) >= 11 is 0. The summed E-state index contributed by atoms with van der Waals surface area (Å²) in [6.07, 6.45) is 2.22. The van der Waals surface area contributed by atoms with Crippen molar-refractivity contribution >= 4 is 21.9 Å². The molecular formula is C34H36NO+. The molecule has 2 heteroatoms. The van der Waals surface area contributed by atoms with E-state index in [1.54, 1.807) is 0 Å². The maximum absolute atomic E-state index is 6.98. The van der Waals surface area contributed by atoms with Crippen LogP contribution in [-0.2, 0) is 12.5 Å². The zero-order chi connectivity index (χ0) is 25.5. The summed E-state index contributed by atoms with van der Waals surface area (Å²) in [7, 11) is 2.14. The van der Waals surface area contributed by atoms with Gasteiger partial charge >= 0.3 is 0 Å². The fourth-order valence-electron chi connectivity index (χ4n) is 7.18. The Labute approximate surface area is 214 Å². The molecule has 0 saturated carbocycles. The molecule has 0 amide bonds. The molecule has 0 radical (unpaired) electrons. The quantitative estimate of drug-likeness (QED) is 0.239. The molecule has 2 aromatic heterocycles. The molecule has 0 bridgehead atoms. The van der Waals surface area contributed by atoms with Crippen molar-refractivity contribution in [1.29, 1.82) is 0 Å². The standard InChI is InChI=1S/C34H36NO/c1-19(2)34(20(3)4)27-12-10-9-11-26(27)31-28(34)16-15-25-24-14-13-21(5)30(32(24)36-33(25)31)29-17-22(6)23(7)18-35(29)8/h9-20H,1-8H3/q+1. The van der Waals surface area contributed by atoms with E-state index in [0.717, 1.165) is 11.2 Å². The number of pyridine rings is 1. The lowest BCUT2D eigenvalue weighted by Gasteiger charge is -2.40. The highest BCUT2D eigenvalue weighted by Crippen LogP contribution is 2.58. The summed E-state index contributed by atoms with van der Waals surface area (Å²) in [5.41, 5.74) is 13.7. The number of hydrogen-bond acceptors (Lipinski definition) is 1. The molecule has 0 unspecified atom stereocenters. The third-order valence-corrected chi connectivity index (χ3v) is 8.93. The summed E-state index contributed by atoms with van der Waals surface area (Å²) in [5, 5.41) is 2.39. The molecule has 5 aromatic rings. The van der Waals surface area contributed by atoms with E-state index in [0.29, 0.717) is 11.8 Å². The van der Waals surface area contributed by atoms with Crippen LogP contribution in [0.15, 0.2) is 65.2 Å². The largest absolute Gasteiger partial charge is 0.454 e. The molecule has 2 nitrogen and oxygen atoms in total. The Balaban J connectivity index is 1.75. The average molecular weight is 475 g/mol. The van der Waals surface area contributed by atoms with Crippen LogP contribution in [0.5, 0.6) is 0 Å². The maximum Gasteiger partial charge on any atom is 0.216 e. The Morgan fingerprint density at radius 2 is 1.33 bits per heavy atom. The second kappa shape index (κ2) is 7.80. The summed E-state index contributed by atoms with van der Waals surface area (Å²) in [6.45, 7) is 16.0. The van der Waals surface area contributed by atoms with Crippen molar-refractivity contribution < 1.29 is 8.98 Å². The van der Waals surface area contributed by atoms with Crippen molar-refractivity contribution in [3.05, 3.63) is 88.6 Å². The first-order valence-electron chi connectivity index (χ1n) is 13.2. The number of aromatic nitrogens is 1. The summed E-state index contributed by atoms with van der Waals surface area (Å²) in [4.78, 5) is 0. The monoisotopic (exact) mass is 474 g/mol. The molecule has 0 fully saturated rings. The first-order chi connectivity index (χ1) is 17.2. The molecule has 1 aliphatic rings. The normalized spacial score (nSPS) is 14.3. The molecule has 6 rings (SSSR count). The van der Waals surface area contributed by atoms with Gasteiger partial charge in [-0.3, -0.25) is 0 Å². The van der Waals surface area contributed by atoms with Gasteiger partial charge < -0.3 is 4.42 Å². The number of nitrogens with zero attached hydrogens (tertiary/aromatic N) is 1. The lowest BCUT2D eigenvalue weighted by atomic mass is 9.63. The molecule has 0 aliphatic heterocycles. The van der Waals surface area contributed by atoms with E-state index in [1.165, 1.54) is 61.0 Å². The van der Waals surface area contributed by atoms with E-state index in [-0.39, 0.29) is 5.41 Å². The predicted octanol–water partition coefficient (Wildman–Crippen LogP) is 8.58. The van der Waals surface area contributed by atoms with E-state index in [2.05, 4.69) is 121 Å². The van der Waals surface area contributed by atoms with Crippen LogP contribution in [0.4, 0.5) is 0 Å². The highest BCUT2D eigenvalue weighted by atomic mass is 16.3. The Morgan fingerprint density at radius 3 is 2.03 bits per heavy atom. The highest BCUT2D eigenvalue weighted by Gasteiger charge is 2.48.